The molecule has 2 aliphatic carbocycles. The molecule has 1 amide bonds. The summed E-state index contributed by atoms with van der Waals surface area (Å²) in [7, 11) is 1.87. The predicted octanol–water partition coefficient (Wildman–Crippen LogP) is 5.38. The standard InChI is InChI=1S/C30H35N7O2/c1-18-13-21-14-25(32-18)24-16-31-36(2)29(24)39-12-4-5-20(19-8-9-19)17-37-27-11-10-23(33-22-6-3-7-22)15-26(27)34-30(37)35-28(21)38/h10-11,13-16,19-20,22,33H,3-9,12,17H2,1-2H3,(H,34,35,38). The van der Waals surface area contributed by atoms with Crippen LogP contribution in [0.1, 0.15) is 61.0 Å². The van der Waals surface area contributed by atoms with Crippen molar-refractivity contribution < 1.29 is 9.53 Å². The van der Waals surface area contributed by atoms with Gasteiger partial charge in [-0.2, -0.15) is 10.1 Å². The molecule has 7 rings (SSSR count). The number of aliphatic imine (C=N–C) groups is 1. The normalized spacial score (nSPS) is 22.6. The quantitative estimate of drug-likeness (QED) is 0.474. The summed E-state index contributed by atoms with van der Waals surface area (Å²) in [6, 6.07) is 10.6. The van der Waals surface area contributed by atoms with Crippen LogP contribution in [-0.4, -0.2) is 45.8 Å². The van der Waals surface area contributed by atoms with Crippen LogP contribution in [0.4, 0.5) is 17.1 Å². The number of aryl methyl sites for hydroxylation is 2. The Bertz CT molecular complexity index is 1450. The fourth-order valence-electron chi connectivity index (χ4n) is 5.98. The number of carbonyl (C=O) groups excluding carboxylic acids is 1. The number of pyridine rings is 1. The molecule has 9 nitrogen and oxygen atoms in total. The van der Waals surface area contributed by atoms with Gasteiger partial charge in [0.1, 0.15) is 0 Å². The van der Waals surface area contributed by atoms with Crippen LogP contribution < -0.4 is 20.3 Å². The van der Waals surface area contributed by atoms with Gasteiger partial charge in [-0.15, -0.1) is 0 Å². The van der Waals surface area contributed by atoms with Crippen molar-refractivity contribution in [1.82, 2.24) is 14.8 Å². The van der Waals surface area contributed by atoms with Gasteiger partial charge in [0.05, 0.1) is 35.4 Å². The van der Waals surface area contributed by atoms with Crippen LogP contribution in [0.3, 0.4) is 0 Å². The molecule has 4 heterocycles. The molecule has 39 heavy (non-hydrogen) atoms. The van der Waals surface area contributed by atoms with Crippen LogP contribution >= 0.6 is 0 Å². The fourth-order valence-corrected chi connectivity index (χ4v) is 5.98. The van der Waals surface area contributed by atoms with Crippen molar-refractivity contribution in [2.75, 3.05) is 28.7 Å². The molecule has 1 atom stereocenters. The molecule has 4 aliphatic rings. The number of ether oxygens (including phenoxy) is 1. The number of rotatable bonds is 3. The van der Waals surface area contributed by atoms with Crippen molar-refractivity contribution in [1.29, 1.82) is 0 Å². The van der Waals surface area contributed by atoms with Crippen LogP contribution in [0, 0.1) is 18.8 Å². The monoisotopic (exact) mass is 525 g/mol. The van der Waals surface area contributed by atoms with Gasteiger partial charge in [0.25, 0.3) is 5.91 Å². The lowest BCUT2D eigenvalue weighted by molar-refractivity contribution is 0.100. The van der Waals surface area contributed by atoms with Crippen molar-refractivity contribution >= 4 is 28.9 Å². The van der Waals surface area contributed by atoms with Gasteiger partial charge in [0, 0.05) is 36.6 Å². The van der Waals surface area contributed by atoms with Crippen molar-refractivity contribution in [3.05, 3.63) is 47.8 Å². The van der Waals surface area contributed by atoms with E-state index in [1.165, 1.54) is 32.1 Å². The first kappa shape index (κ1) is 24.2. The maximum absolute atomic E-state index is 13.6. The van der Waals surface area contributed by atoms with E-state index < -0.39 is 0 Å². The fraction of sp³-hybridized carbons (Fsp3) is 0.467. The van der Waals surface area contributed by atoms with Gasteiger partial charge in [-0.3, -0.25) is 9.78 Å². The molecule has 9 heteroatoms. The van der Waals surface area contributed by atoms with Crippen molar-refractivity contribution in [2.45, 2.75) is 57.9 Å². The second-order valence-electron chi connectivity index (χ2n) is 11.4. The molecule has 0 radical (unpaired) electrons. The molecule has 3 aromatic rings. The second-order valence-corrected chi connectivity index (χ2v) is 11.4. The van der Waals surface area contributed by atoms with Crippen LogP contribution in [0.25, 0.3) is 11.3 Å². The molecule has 1 aromatic carbocycles. The number of nitrogens with zero attached hydrogens (tertiary/aromatic N) is 5. The summed E-state index contributed by atoms with van der Waals surface area (Å²) in [6.45, 7) is 3.33. The molecule has 0 spiro atoms. The second kappa shape index (κ2) is 9.70. The molecule has 0 saturated heterocycles. The van der Waals surface area contributed by atoms with Crippen molar-refractivity contribution in [3.63, 3.8) is 0 Å². The SMILES string of the molecule is Cc1cc2cc(n1)-c1cnn(C)c1OCCCC(C1CC1)CN1/C(=N/C2=O)Nc2cc(NC3CCC3)ccc21. The zero-order valence-corrected chi connectivity index (χ0v) is 22.6. The van der Waals surface area contributed by atoms with E-state index in [-0.39, 0.29) is 5.91 Å². The number of nitrogens with one attached hydrogen (secondary N) is 2. The Balaban J connectivity index is 1.28. The number of carbonyl (C=O) groups is 1. The lowest BCUT2D eigenvalue weighted by atomic mass is 9.93. The number of aromatic nitrogens is 3. The Morgan fingerprint density at radius 3 is 2.72 bits per heavy atom. The highest BCUT2D eigenvalue weighted by Gasteiger charge is 2.36. The van der Waals surface area contributed by atoms with E-state index in [2.05, 4.69) is 43.8 Å². The Labute approximate surface area is 228 Å². The van der Waals surface area contributed by atoms with E-state index in [1.807, 2.05) is 14.0 Å². The minimum atomic E-state index is -0.293. The van der Waals surface area contributed by atoms with Crippen LogP contribution in [-0.2, 0) is 7.05 Å². The molecule has 202 valence electrons. The largest absolute Gasteiger partial charge is 0.477 e. The highest BCUT2D eigenvalue weighted by Crippen LogP contribution is 2.43. The van der Waals surface area contributed by atoms with E-state index in [9.17, 15) is 4.79 Å². The molecule has 2 fully saturated rings. The third kappa shape index (κ3) is 4.75. The van der Waals surface area contributed by atoms with E-state index in [0.29, 0.717) is 47.6 Å². The molecule has 2 bridgehead atoms. The first-order valence-corrected chi connectivity index (χ1v) is 14.2. The van der Waals surface area contributed by atoms with E-state index in [4.69, 9.17) is 9.72 Å². The van der Waals surface area contributed by atoms with Gasteiger partial charge >= 0.3 is 0 Å². The molecule has 2 aliphatic heterocycles. The van der Waals surface area contributed by atoms with E-state index in [0.717, 1.165) is 47.7 Å². The summed E-state index contributed by atoms with van der Waals surface area (Å²) < 4.78 is 8.00. The predicted molar refractivity (Wildman–Crippen MR) is 153 cm³/mol. The molecule has 1 unspecified atom stereocenters. The summed E-state index contributed by atoms with van der Waals surface area (Å²) in [4.78, 5) is 25.2. The summed E-state index contributed by atoms with van der Waals surface area (Å²) >= 11 is 0. The van der Waals surface area contributed by atoms with Gasteiger partial charge < -0.3 is 20.3 Å². The molecular formula is C30H35N7O2. The Morgan fingerprint density at radius 2 is 1.92 bits per heavy atom. The van der Waals surface area contributed by atoms with Crippen LogP contribution in [0.5, 0.6) is 5.88 Å². The number of amides is 1. The van der Waals surface area contributed by atoms with Crippen molar-refractivity contribution in [2.24, 2.45) is 23.9 Å². The minimum Gasteiger partial charge on any atom is -0.477 e. The van der Waals surface area contributed by atoms with E-state index >= 15 is 0 Å². The maximum Gasteiger partial charge on any atom is 0.280 e. The summed E-state index contributed by atoms with van der Waals surface area (Å²) in [5.41, 5.74) is 5.88. The number of guanidine groups is 1. The van der Waals surface area contributed by atoms with Gasteiger partial charge in [-0.25, -0.2) is 4.68 Å². The third-order valence-corrected chi connectivity index (χ3v) is 8.50. The molecule has 2 saturated carbocycles. The average molecular weight is 526 g/mol. The lowest BCUT2D eigenvalue weighted by Gasteiger charge is -2.28. The lowest BCUT2D eigenvalue weighted by Crippen LogP contribution is -2.36. The number of fused-ring (bicyclic) bond motifs is 7. The average Bonchev–Trinajstić information content (AvgIpc) is 3.60. The zero-order valence-electron chi connectivity index (χ0n) is 22.6. The highest BCUT2D eigenvalue weighted by molar-refractivity contribution is 6.19. The Hall–Kier alpha value is -3.88. The van der Waals surface area contributed by atoms with Crippen LogP contribution in [0.2, 0.25) is 0 Å². The third-order valence-electron chi connectivity index (χ3n) is 8.50. The minimum absolute atomic E-state index is 0.293. The van der Waals surface area contributed by atoms with E-state index in [1.54, 1.807) is 23.0 Å². The Kier molecular flexibility index (Phi) is 6.01. The first-order valence-electron chi connectivity index (χ1n) is 14.2. The molecule has 2 aromatic heterocycles. The highest BCUT2D eigenvalue weighted by atomic mass is 16.5. The van der Waals surface area contributed by atoms with Gasteiger partial charge in [-0.1, -0.05) is 0 Å². The number of hydrogen-bond donors (Lipinski definition) is 2. The summed E-state index contributed by atoms with van der Waals surface area (Å²) in [5, 5.41) is 11.5. The number of benzene rings is 1. The smallest absolute Gasteiger partial charge is 0.280 e. The number of anilines is 3. The summed E-state index contributed by atoms with van der Waals surface area (Å²) in [5.74, 6) is 2.19. The van der Waals surface area contributed by atoms with Gasteiger partial charge in [0.2, 0.25) is 11.8 Å². The number of hydrogen-bond acceptors (Lipinski definition) is 7. The molecule has 2 N–H and O–H groups in total. The topological polar surface area (TPSA) is 96.7 Å². The maximum atomic E-state index is 13.6. The summed E-state index contributed by atoms with van der Waals surface area (Å²) in [6.07, 6.45) is 10.0. The first-order chi connectivity index (χ1) is 19.0. The van der Waals surface area contributed by atoms with Gasteiger partial charge in [0.15, 0.2) is 0 Å². The molecular weight excluding hydrogens is 490 g/mol. The van der Waals surface area contributed by atoms with Crippen LogP contribution in [0.15, 0.2) is 41.5 Å². The van der Waals surface area contributed by atoms with Crippen molar-refractivity contribution in [3.8, 4) is 17.1 Å². The zero-order chi connectivity index (χ0) is 26.5. The van der Waals surface area contributed by atoms with Gasteiger partial charge in [-0.05, 0) is 94.0 Å². The Morgan fingerprint density at radius 1 is 1.05 bits per heavy atom.